The van der Waals surface area contributed by atoms with Gasteiger partial charge in [0.2, 0.25) is 0 Å². The van der Waals surface area contributed by atoms with Crippen molar-refractivity contribution in [2.45, 2.75) is 26.8 Å². The van der Waals surface area contributed by atoms with Gasteiger partial charge in [-0.05, 0) is 32.9 Å². The number of nitrogens with zero attached hydrogens (tertiary/aromatic N) is 2. The minimum atomic E-state index is -0.437. The molecule has 0 spiro atoms. The zero-order chi connectivity index (χ0) is 14.4. The molecule has 0 atom stereocenters. The first kappa shape index (κ1) is 15.2. The van der Waals surface area contributed by atoms with Crippen molar-refractivity contribution in [2.75, 3.05) is 24.7 Å². The monoisotopic (exact) mass is 268 g/mol. The Morgan fingerprint density at radius 2 is 2.16 bits per heavy atom. The molecule has 6 nitrogen and oxygen atoms in total. The Hall–Kier alpha value is -1.82. The smallest absolute Gasteiger partial charge is 0.333 e. The van der Waals surface area contributed by atoms with Crippen LogP contribution in [-0.4, -0.2) is 35.8 Å². The molecular formula is C13H20N2O4. The summed E-state index contributed by atoms with van der Waals surface area (Å²) in [6.45, 7) is 6.28. The van der Waals surface area contributed by atoms with Crippen LogP contribution in [0.5, 0.6) is 5.75 Å². The van der Waals surface area contributed by atoms with Gasteiger partial charge in [-0.15, -0.1) is 0 Å². The van der Waals surface area contributed by atoms with Gasteiger partial charge < -0.3 is 14.7 Å². The summed E-state index contributed by atoms with van der Waals surface area (Å²) < 4.78 is 5.32. The lowest BCUT2D eigenvalue weighted by atomic mass is 10.2. The Balaban J connectivity index is 3.31. The number of rotatable bonds is 7. The van der Waals surface area contributed by atoms with Gasteiger partial charge >= 0.3 is 5.69 Å². The summed E-state index contributed by atoms with van der Waals surface area (Å²) in [6.07, 6.45) is 0. The van der Waals surface area contributed by atoms with E-state index in [9.17, 15) is 10.1 Å². The average molecular weight is 268 g/mol. The third kappa shape index (κ3) is 3.57. The lowest BCUT2D eigenvalue weighted by Crippen LogP contribution is -2.33. The van der Waals surface area contributed by atoms with Crippen LogP contribution in [0, 0.1) is 10.1 Å². The first-order valence-electron chi connectivity index (χ1n) is 6.30. The summed E-state index contributed by atoms with van der Waals surface area (Å²) >= 11 is 0. The number of hydrogen-bond acceptors (Lipinski definition) is 5. The standard InChI is InChI=1S/C13H20N2O4/c1-4-19-12-7-5-6-11(13(12)15(17)18)14(8-9-16)10(2)3/h5-7,10,16H,4,8-9H2,1-3H3. The molecule has 0 aliphatic heterocycles. The van der Waals surface area contributed by atoms with Crippen LogP contribution in [0.4, 0.5) is 11.4 Å². The predicted molar refractivity (Wildman–Crippen MR) is 73.8 cm³/mol. The highest BCUT2D eigenvalue weighted by atomic mass is 16.6. The quantitative estimate of drug-likeness (QED) is 0.606. The van der Waals surface area contributed by atoms with Crippen LogP contribution >= 0.6 is 0 Å². The van der Waals surface area contributed by atoms with Crippen LogP contribution in [-0.2, 0) is 0 Å². The fourth-order valence-electron chi connectivity index (χ4n) is 1.96. The third-order valence-electron chi connectivity index (χ3n) is 2.73. The molecule has 0 fully saturated rings. The zero-order valence-electron chi connectivity index (χ0n) is 11.5. The topological polar surface area (TPSA) is 75.8 Å². The summed E-state index contributed by atoms with van der Waals surface area (Å²) in [4.78, 5) is 12.6. The van der Waals surface area contributed by atoms with Crippen LogP contribution in [0.25, 0.3) is 0 Å². The molecule has 0 aliphatic rings. The van der Waals surface area contributed by atoms with Crippen LogP contribution in [0.2, 0.25) is 0 Å². The highest BCUT2D eigenvalue weighted by Gasteiger charge is 2.25. The van der Waals surface area contributed by atoms with E-state index >= 15 is 0 Å². The lowest BCUT2D eigenvalue weighted by molar-refractivity contribution is -0.385. The van der Waals surface area contributed by atoms with E-state index in [2.05, 4.69) is 0 Å². The van der Waals surface area contributed by atoms with Gasteiger partial charge in [0.15, 0.2) is 5.75 Å². The molecular weight excluding hydrogens is 248 g/mol. The Bertz CT molecular complexity index is 435. The zero-order valence-corrected chi connectivity index (χ0v) is 11.5. The molecule has 0 saturated carbocycles. The maximum absolute atomic E-state index is 11.3. The van der Waals surface area contributed by atoms with E-state index in [1.54, 1.807) is 30.0 Å². The summed E-state index contributed by atoms with van der Waals surface area (Å²) in [6, 6.07) is 5.03. The maximum atomic E-state index is 11.3. The molecule has 19 heavy (non-hydrogen) atoms. The van der Waals surface area contributed by atoms with Gasteiger partial charge in [0.05, 0.1) is 18.1 Å². The van der Waals surface area contributed by atoms with Crippen molar-refractivity contribution in [3.05, 3.63) is 28.3 Å². The summed E-state index contributed by atoms with van der Waals surface area (Å²) in [5.41, 5.74) is 0.423. The number of aliphatic hydroxyl groups excluding tert-OH is 1. The summed E-state index contributed by atoms with van der Waals surface area (Å²) in [5.74, 6) is 0.258. The van der Waals surface area contributed by atoms with Crippen molar-refractivity contribution in [3.8, 4) is 5.75 Å². The predicted octanol–water partition coefficient (Wildman–Crippen LogP) is 2.20. The second-order valence-corrected chi connectivity index (χ2v) is 4.32. The number of ether oxygens (including phenoxy) is 1. The largest absolute Gasteiger partial charge is 0.487 e. The van der Waals surface area contributed by atoms with E-state index in [0.717, 1.165) is 0 Å². The van der Waals surface area contributed by atoms with Gasteiger partial charge in [-0.1, -0.05) is 6.07 Å². The van der Waals surface area contributed by atoms with Gasteiger partial charge in [-0.3, -0.25) is 10.1 Å². The van der Waals surface area contributed by atoms with Gasteiger partial charge in [0.25, 0.3) is 0 Å². The number of anilines is 1. The molecule has 1 N–H and O–H groups in total. The Morgan fingerprint density at radius 1 is 1.47 bits per heavy atom. The summed E-state index contributed by atoms with van der Waals surface area (Å²) in [5, 5.41) is 20.4. The second-order valence-electron chi connectivity index (χ2n) is 4.32. The number of para-hydroxylation sites is 1. The third-order valence-corrected chi connectivity index (χ3v) is 2.73. The fraction of sp³-hybridized carbons (Fsp3) is 0.538. The van der Waals surface area contributed by atoms with E-state index in [1.807, 2.05) is 13.8 Å². The van der Waals surface area contributed by atoms with Gasteiger partial charge in [0, 0.05) is 12.6 Å². The van der Waals surface area contributed by atoms with E-state index < -0.39 is 4.92 Å². The number of aliphatic hydroxyl groups is 1. The van der Waals surface area contributed by atoms with Crippen molar-refractivity contribution in [1.29, 1.82) is 0 Å². The molecule has 0 amide bonds. The number of benzene rings is 1. The molecule has 1 aromatic carbocycles. The van der Waals surface area contributed by atoms with Gasteiger partial charge in [0.1, 0.15) is 5.69 Å². The SMILES string of the molecule is CCOc1cccc(N(CCO)C(C)C)c1[N+](=O)[O-]. The van der Waals surface area contributed by atoms with Crippen molar-refractivity contribution in [1.82, 2.24) is 0 Å². The molecule has 0 saturated heterocycles. The van der Waals surface area contributed by atoms with E-state index in [0.29, 0.717) is 18.8 Å². The number of hydrogen-bond donors (Lipinski definition) is 1. The molecule has 0 unspecified atom stereocenters. The molecule has 6 heteroatoms. The molecule has 0 heterocycles. The molecule has 0 bridgehead atoms. The van der Waals surface area contributed by atoms with Gasteiger partial charge in [-0.2, -0.15) is 0 Å². The van der Waals surface area contributed by atoms with Crippen LogP contribution < -0.4 is 9.64 Å². The van der Waals surface area contributed by atoms with Crippen LogP contribution in [0.3, 0.4) is 0 Å². The van der Waals surface area contributed by atoms with Crippen molar-refractivity contribution < 1.29 is 14.8 Å². The molecule has 1 aromatic rings. The number of nitro groups is 1. The summed E-state index contributed by atoms with van der Waals surface area (Å²) in [7, 11) is 0. The minimum Gasteiger partial charge on any atom is -0.487 e. The Kier molecular flexibility index (Phi) is 5.57. The van der Waals surface area contributed by atoms with Crippen molar-refractivity contribution >= 4 is 11.4 Å². The molecule has 0 aliphatic carbocycles. The average Bonchev–Trinajstić information content (AvgIpc) is 2.35. The Morgan fingerprint density at radius 3 is 2.63 bits per heavy atom. The fourth-order valence-corrected chi connectivity index (χ4v) is 1.96. The first-order valence-corrected chi connectivity index (χ1v) is 6.30. The van der Waals surface area contributed by atoms with Crippen molar-refractivity contribution in [2.24, 2.45) is 0 Å². The molecule has 106 valence electrons. The van der Waals surface area contributed by atoms with E-state index in [4.69, 9.17) is 9.84 Å². The van der Waals surface area contributed by atoms with E-state index in [-0.39, 0.29) is 24.1 Å². The lowest BCUT2D eigenvalue weighted by Gasteiger charge is -2.28. The van der Waals surface area contributed by atoms with E-state index in [1.165, 1.54) is 0 Å². The minimum absolute atomic E-state index is 0.0442. The molecule has 0 radical (unpaired) electrons. The maximum Gasteiger partial charge on any atom is 0.333 e. The second kappa shape index (κ2) is 6.94. The van der Waals surface area contributed by atoms with Crippen LogP contribution in [0.15, 0.2) is 18.2 Å². The van der Waals surface area contributed by atoms with Crippen molar-refractivity contribution in [3.63, 3.8) is 0 Å². The highest BCUT2D eigenvalue weighted by molar-refractivity contribution is 5.70. The Labute approximate surface area is 112 Å². The highest BCUT2D eigenvalue weighted by Crippen LogP contribution is 2.37. The van der Waals surface area contributed by atoms with Gasteiger partial charge in [-0.25, -0.2) is 0 Å². The normalized spacial score (nSPS) is 10.6. The first-order chi connectivity index (χ1) is 9.02. The number of nitro benzene ring substituents is 1. The van der Waals surface area contributed by atoms with Crippen LogP contribution in [0.1, 0.15) is 20.8 Å². The molecule has 1 rings (SSSR count). The molecule has 0 aromatic heterocycles.